The van der Waals surface area contributed by atoms with Crippen LogP contribution in [0.25, 0.3) is 0 Å². The van der Waals surface area contributed by atoms with E-state index >= 15 is 0 Å². The first kappa shape index (κ1) is 25.0. The first-order chi connectivity index (χ1) is 15.8. The number of methoxy groups -OCH3 is 1. The zero-order valence-corrected chi connectivity index (χ0v) is 20.0. The highest BCUT2D eigenvalue weighted by atomic mass is 35.5. The molecule has 33 heavy (non-hydrogen) atoms. The number of carbonyl (C=O) groups excluding carboxylic acids is 2. The number of nitrogens with one attached hydrogen (secondary N) is 2. The fourth-order valence-electron chi connectivity index (χ4n) is 3.99. The molecule has 1 heterocycles. The second-order valence-electron chi connectivity index (χ2n) is 8.70. The van der Waals surface area contributed by atoms with Crippen LogP contribution in [0, 0.1) is 11.7 Å². The number of amides is 2. The maximum atomic E-state index is 13.9. The highest BCUT2D eigenvalue weighted by Gasteiger charge is 2.28. The van der Waals surface area contributed by atoms with Crippen LogP contribution in [0.4, 0.5) is 4.39 Å². The number of halogens is 2. The van der Waals surface area contributed by atoms with E-state index in [1.165, 1.54) is 13.2 Å². The monoisotopic (exact) mass is 475 g/mol. The van der Waals surface area contributed by atoms with Gasteiger partial charge in [0.15, 0.2) is 11.6 Å². The molecule has 6 nitrogen and oxygen atoms in total. The van der Waals surface area contributed by atoms with Gasteiger partial charge in [0.2, 0.25) is 5.91 Å². The van der Waals surface area contributed by atoms with Gasteiger partial charge < -0.3 is 15.4 Å². The van der Waals surface area contributed by atoms with Crippen molar-refractivity contribution in [3.63, 3.8) is 0 Å². The molecule has 0 spiro atoms. The molecule has 178 valence electrons. The molecule has 1 fully saturated rings. The molecule has 0 saturated carbocycles. The van der Waals surface area contributed by atoms with Gasteiger partial charge in [-0.25, -0.2) is 4.39 Å². The molecule has 1 saturated heterocycles. The predicted octanol–water partition coefficient (Wildman–Crippen LogP) is 4.02. The molecule has 0 aliphatic carbocycles. The van der Waals surface area contributed by atoms with Crippen molar-refractivity contribution in [3.05, 3.63) is 64.4 Å². The third kappa shape index (κ3) is 6.68. The number of benzene rings is 2. The molecule has 2 N–H and O–H groups in total. The smallest absolute Gasteiger partial charge is 0.253 e. The van der Waals surface area contributed by atoms with Crippen molar-refractivity contribution in [2.75, 3.05) is 20.2 Å². The van der Waals surface area contributed by atoms with Gasteiger partial charge in [0, 0.05) is 25.7 Å². The van der Waals surface area contributed by atoms with Crippen LogP contribution in [0.1, 0.15) is 42.6 Å². The van der Waals surface area contributed by atoms with E-state index in [-0.39, 0.29) is 35.3 Å². The quantitative estimate of drug-likeness (QED) is 0.605. The van der Waals surface area contributed by atoms with Crippen LogP contribution in [0.5, 0.6) is 5.75 Å². The first-order valence-corrected chi connectivity index (χ1v) is 11.6. The zero-order chi connectivity index (χ0) is 24.0. The summed E-state index contributed by atoms with van der Waals surface area (Å²) in [7, 11) is 1.45. The normalized spacial score (nSPS) is 15.8. The summed E-state index contributed by atoms with van der Waals surface area (Å²) in [5.41, 5.74) is 1.24. The Morgan fingerprint density at radius 3 is 2.48 bits per heavy atom. The maximum absolute atomic E-state index is 13.9. The minimum absolute atomic E-state index is 0.0276. The molecule has 0 radical (unpaired) electrons. The summed E-state index contributed by atoms with van der Waals surface area (Å²) in [6.07, 6.45) is 1.57. The average molecular weight is 476 g/mol. The molecule has 2 amide bonds. The van der Waals surface area contributed by atoms with Crippen molar-refractivity contribution in [2.45, 2.75) is 45.3 Å². The summed E-state index contributed by atoms with van der Waals surface area (Å²) >= 11 is 6.12. The second kappa shape index (κ2) is 11.5. The van der Waals surface area contributed by atoms with Gasteiger partial charge in [-0.05, 0) is 48.6 Å². The number of piperidine rings is 1. The third-order valence-corrected chi connectivity index (χ3v) is 6.24. The van der Waals surface area contributed by atoms with Crippen molar-refractivity contribution < 1.29 is 18.7 Å². The summed E-state index contributed by atoms with van der Waals surface area (Å²) < 4.78 is 18.9. The van der Waals surface area contributed by atoms with Gasteiger partial charge in [0.1, 0.15) is 6.04 Å². The minimum atomic E-state index is -0.658. The number of hydrogen-bond acceptors (Lipinski definition) is 4. The Labute approximate surface area is 199 Å². The highest BCUT2D eigenvalue weighted by molar-refractivity contribution is 6.33. The molecule has 2 aromatic carbocycles. The number of hydrogen-bond donors (Lipinski definition) is 2. The maximum Gasteiger partial charge on any atom is 0.253 e. The van der Waals surface area contributed by atoms with Crippen molar-refractivity contribution in [2.24, 2.45) is 5.92 Å². The van der Waals surface area contributed by atoms with Crippen LogP contribution < -0.4 is 15.4 Å². The number of rotatable bonds is 8. The van der Waals surface area contributed by atoms with Crippen LogP contribution >= 0.6 is 11.6 Å². The summed E-state index contributed by atoms with van der Waals surface area (Å²) in [4.78, 5) is 27.8. The zero-order valence-electron chi connectivity index (χ0n) is 19.2. The molecule has 1 unspecified atom stereocenters. The fraction of sp³-hybridized carbons (Fsp3) is 0.440. The Bertz CT molecular complexity index is 977. The van der Waals surface area contributed by atoms with E-state index in [9.17, 15) is 14.0 Å². The van der Waals surface area contributed by atoms with E-state index in [1.54, 1.807) is 30.3 Å². The minimum Gasteiger partial charge on any atom is -0.494 e. The Hall–Kier alpha value is -2.64. The number of ether oxygens (including phenoxy) is 1. The summed E-state index contributed by atoms with van der Waals surface area (Å²) in [6, 6.07) is 11.1. The molecular weight excluding hydrogens is 445 g/mol. The van der Waals surface area contributed by atoms with Crippen molar-refractivity contribution in [1.29, 1.82) is 0 Å². The van der Waals surface area contributed by atoms with Crippen LogP contribution in [0.2, 0.25) is 5.02 Å². The number of nitrogens with zero attached hydrogens (tertiary/aromatic N) is 1. The Morgan fingerprint density at radius 1 is 1.18 bits per heavy atom. The first-order valence-electron chi connectivity index (χ1n) is 11.2. The van der Waals surface area contributed by atoms with Gasteiger partial charge in [0.05, 0.1) is 17.7 Å². The molecule has 0 bridgehead atoms. The Morgan fingerprint density at radius 2 is 1.88 bits per heavy atom. The van der Waals surface area contributed by atoms with Gasteiger partial charge in [-0.1, -0.05) is 43.6 Å². The van der Waals surface area contributed by atoms with Crippen LogP contribution in [0.3, 0.4) is 0 Å². The van der Waals surface area contributed by atoms with Crippen LogP contribution in [0.15, 0.2) is 42.5 Å². The van der Waals surface area contributed by atoms with E-state index in [0.29, 0.717) is 17.1 Å². The number of likely N-dealkylation sites (tertiary alicyclic amines) is 1. The van der Waals surface area contributed by atoms with Crippen molar-refractivity contribution in [3.8, 4) is 5.75 Å². The Balaban J connectivity index is 1.52. The standard InChI is InChI=1S/C25H31ClFN3O3/c1-16(2)23(29-24(31)19-6-4-5-7-20(19)26)25(32)28-18-10-12-30(13-11-18)15-17-8-9-22(33-3)21(27)14-17/h4-9,14,16,18,23H,10-13,15H2,1-3H3,(H,28,32)(H,29,31). The summed E-state index contributed by atoms with van der Waals surface area (Å²) in [5.74, 6) is -0.768. The van der Waals surface area contributed by atoms with Gasteiger partial charge >= 0.3 is 0 Å². The van der Waals surface area contributed by atoms with Crippen LogP contribution in [-0.4, -0.2) is 49.0 Å². The SMILES string of the molecule is COc1ccc(CN2CCC(NC(=O)C(NC(=O)c3ccccc3Cl)C(C)C)CC2)cc1F. The topological polar surface area (TPSA) is 70.7 Å². The van der Waals surface area contributed by atoms with E-state index in [4.69, 9.17) is 16.3 Å². The lowest BCUT2D eigenvalue weighted by Gasteiger charge is -2.33. The van der Waals surface area contributed by atoms with Crippen molar-refractivity contribution in [1.82, 2.24) is 15.5 Å². The van der Waals surface area contributed by atoms with E-state index in [0.717, 1.165) is 31.5 Å². The molecule has 1 aliphatic rings. The van der Waals surface area contributed by atoms with E-state index in [2.05, 4.69) is 15.5 Å². The highest BCUT2D eigenvalue weighted by Crippen LogP contribution is 2.21. The van der Waals surface area contributed by atoms with Gasteiger partial charge in [-0.15, -0.1) is 0 Å². The van der Waals surface area contributed by atoms with E-state index < -0.39 is 6.04 Å². The van der Waals surface area contributed by atoms with Gasteiger partial charge in [-0.2, -0.15) is 0 Å². The van der Waals surface area contributed by atoms with Crippen LogP contribution in [-0.2, 0) is 11.3 Å². The second-order valence-corrected chi connectivity index (χ2v) is 9.11. The van der Waals surface area contributed by atoms with Gasteiger partial charge in [0.25, 0.3) is 5.91 Å². The average Bonchev–Trinajstić information content (AvgIpc) is 2.78. The molecular formula is C25H31ClFN3O3. The molecule has 1 atom stereocenters. The lowest BCUT2D eigenvalue weighted by Crippen LogP contribution is -2.54. The predicted molar refractivity (Wildman–Crippen MR) is 127 cm³/mol. The molecule has 2 aromatic rings. The lowest BCUT2D eigenvalue weighted by molar-refractivity contribution is -0.125. The molecule has 0 aromatic heterocycles. The largest absolute Gasteiger partial charge is 0.494 e. The molecule has 8 heteroatoms. The van der Waals surface area contributed by atoms with Crippen molar-refractivity contribution >= 4 is 23.4 Å². The molecule has 3 rings (SSSR count). The third-order valence-electron chi connectivity index (χ3n) is 5.91. The van der Waals surface area contributed by atoms with E-state index in [1.807, 2.05) is 19.9 Å². The fourth-order valence-corrected chi connectivity index (χ4v) is 4.21. The van der Waals surface area contributed by atoms with Gasteiger partial charge in [-0.3, -0.25) is 14.5 Å². The summed E-state index contributed by atoms with van der Waals surface area (Å²) in [6.45, 7) is 6.01. The Kier molecular flexibility index (Phi) is 8.69. The lowest BCUT2D eigenvalue weighted by atomic mass is 10.00. The summed E-state index contributed by atoms with van der Waals surface area (Å²) in [5, 5.41) is 6.27. The molecule has 1 aliphatic heterocycles. The number of carbonyl (C=O) groups is 2.